The van der Waals surface area contributed by atoms with E-state index in [-0.39, 0.29) is 23.6 Å². The first-order chi connectivity index (χ1) is 9.88. The lowest BCUT2D eigenvalue weighted by Gasteiger charge is -2.07. The summed E-state index contributed by atoms with van der Waals surface area (Å²) in [5.41, 5.74) is 0.529. The summed E-state index contributed by atoms with van der Waals surface area (Å²) in [5.74, 6) is -0.288. The summed E-state index contributed by atoms with van der Waals surface area (Å²) < 4.78 is 2.01. The molecule has 21 heavy (non-hydrogen) atoms. The van der Waals surface area contributed by atoms with Gasteiger partial charge in [-0.3, -0.25) is 19.7 Å². The summed E-state index contributed by atoms with van der Waals surface area (Å²) in [6.45, 7) is 1.55. The number of rotatable bonds is 4. The molecule has 6 nitrogen and oxygen atoms in total. The number of benzene rings is 1. The van der Waals surface area contributed by atoms with Crippen LogP contribution in [0.3, 0.4) is 0 Å². The molecule has 0 fully saturated rings. The number of non-ortho nitro benzene ring substituents is 1. The topological polar surface area (TPSA) is 82.2 Å². The molecule has 1 heterocycles. The second kappa shape index (κ2) is 6.01. The average molecular weight is 351 g/mol. The van der Waals surface area contributed by atoms with Gasteiger partial charge in [-0.05, 0) is 41.1 Å². The van der Waals surface area contributed by atoms with Crippen molar-refractivity contribution in [2.75, 3.05) is 0 Å². The molecule has 1 aromatic heterocycles. The highest BCUT2D eigenvalue weighted by Gasteiger charge is 2.11. The number of Topliss-reactive ketones (excluding diaryl/α,β-unsaturated/α-hetero) is 1. The van der Waals surface area contributed by atoms with E-state index in [1.54, 1.807) is 19.2 Å². The predicted molar refractivity (Wildman–Crippen MR) is 80.6 cm³/mol. The molecule has 2 rings (SSSR count). The zero-order valence-electron chi connectivity index (χ0n) is 11.1. The van der Waals surface area contributed by atoms with Crippen molar-refractivity contribution in [3.05, 3.63) is 72.6 Å². The Morgan fingerprint density at radius 1 is 1.33 bits per heavy atom. The first-order valence-electron chi connectivity index (χ1n) is 6.02. The first-order valence-corrected chi connectivity index (χ1v) is 6.82. The van der Waals surface area contributed by atoms with Gasteiger partial charge in [-0.25, -0.2) is 0 Å². The van der Waals surface area contributed by atoms with Crippen molar-refractivity contribution in [1.82, 2.24) is 4.57 Å². The number of hydrogen-bond donors (Lipinski definition) is 0. The Balaban J connectivity index is 2.26. The van der Waals surface area contributed by atoms with Crippen LogP contribution >= 0.6 is 15.9 Å². The van der Waals surface area contributed by atoms with Crippen LogP contribution in [0.25, 0.3) is 0 Å². The highest BCUT2D eigenvalue weighted by atomic mass is 79.9. The van der Waals surface area contributed by atoms with Crippen molar-refractivity contribution >= 4 is 27.4 Å². The van der Waals surface area contributed by atoms with Crippen LogP contribution in [0.15, 0.2) is 45.8 Å². The SMILES string of the molecule is Cc1cc(Br)cn(CC(=O)c2ccc([N+](=O)[O-])cc2)c1=O. The molecule has 0 radical (unpaired) electrons. The van der Waals surface area contributed by atoms with Gasteiger partial charge in [-0.1, -0.05) is 0 Å². The quantitative estimate of drug-likeness (QED) is 0.482. The fourth-order valence-electron chi connectivity index (χ4n) is 1.87. The Labute approximate surface area is 128 Å². The molecule has 0 atom stereocenters. The molecule has 0 aliphatic heterocycles. The zero-order valence-corrected chi connectivity index (χ0v) is 12.7. The van der Waals surface area contributed by atoms with E-state index in [0.717, 1.165) is 0 Å². The van der Waals surface area contributed by atoms with Gasteiger partial charge in [-0.15, -0.1) is 0 Å². The largest absolute Gasteiger partial charge is 0.306 e. The van der Waals surface area contributed by atoms with Gasteiger partial charge in [0.1, 0.15) is 0 Å². The lowest BCUT2D eigenvalue weighted by atomic mass is 10.1. The van der Waals surface area contributed by atoms with E-state index in [4.69, 9.17) is 0 Å². The molecule has 2 aromatic rings. The second-order valence-electron chi connectivity index (χ2n) is 4.50. The number of nitro benzene ring substituents is 1. The highest BCUT2D eigenvalue weighted by Crippen LogP contribution is 2.13. The van der Waals surface area contributed by atoms with Crippen molar-refractivity contribution in [3.63, 3.8) is 0 Å². The van der Waals surface area contributed by atoms with E-state index >= 15 is 0 Å². The smallest absolute Gasteiger partial charge is 0.269 e. The molecule has 0 bridgehead atoms. The van der Waals surface area contributed by atoms with Gasteiger partial charge in [0, 0.05) is 33.9 Å². The molecule has 0 saturated carbocycles. The third-order valence-corrected chi connectivity index (χ3v) is 3.38. The molecule has 7 heteroatoms. The van der Waals surface area contributed by atoms with E-state index in [0.29, 0.717) is 15.6 Å². The van der Waals surface area contributed by atoms with Gasteiger partial charge >= 0.3 is 0 Å². The molecule has 0 saturated heterocycles. The summed E-state index contributed by atoms with van der Waals surface area (Å²) in [6.07, 6.45) is 1.54. The third-order valence-electron chi connectivity index (χ3n) is 2.95. The number of ketones is 1. The highest BCUT2D eigenvalue weighted by molar-refractivity contribution is 9.10. The molecule has 1 aromatic carbocycles. The third kappa shape index (κ3) is 3.43. The van der Waals surface area contributed by atoms with E-state index in [9.17, 15) is 19.7 Å². The lowest BCUT2D eigenvalue weighted by Crippen LogP contribution is -2.25. The number of halogens is 1. The summed E-state index contributed by atoms with van der Waals surface area (Å²) >= 11 is 3.27. The van der Waals surface area contributed by atoms with Crippen LogP contribution in [0.1, 0.15) is 15.9 Å². The van der Waals surface area contributed by atoms with Crippen LogP contribution in [0, 0.1) is 17.0 Å². The van der Waals surface area contributed by atoms with E-state index in [1.807, 2.05) is 0 Å². The first kappa shape index (κ1) is 15.1. The van der Waals surface area contributed by atoms with Crippen LogP contribution in [-0.2, 0) is 6.54 Å². The van der Waals surface area contributed by atoms with Gasteiger partial charge in [0.05, 0.1) is 11.5 Å². The van der Waals surface area contributed by atoms with Crippen LogP contribution < -0.4 is 5.56 Å². The van der Waals surface area contributed by atoms with Crippen molar-refractivity contribution in [3.8, 4) is 0 Å². The van der Waals surface area contributed by atoms with E-state index in [1.165, 1.54) is 28.8 Å². The standard InChI is InChI=1S/C14H11BrN2O4/c1-9-6-11(15)7-16(14(9)19)8-13(18)10-2-4-12(5-3-10)17(20)21/h2-7H,8H2,1H3. The van der Waals surface area contributed by atoms with Crippen molar-refractivity contribution < 1.29 is 9.72 Å². The minimum atomic E-state index is -0.531. The average Bonchev–Trinajstić information content (AvgIpc) is 2.44. The molecule has 0 aliphatic carbocycles. The summed E-state index contributed by atoms with van der Waals surface area (Å²) in [7, 11) is 0. The van der Waals surface area contributed by atoms with Crippen LogP contribution in [0.4, 0.5) is 5.69 Å². The number of nitrogens with zero attached hydrogens (tertiary/aromatic N) is 2. The monoisotopic (exact) mass is 350 g/mol. The molecule has 108 valence electrons. The minimum absolute atomic E-state index is 0.0815. The maximum atomic E-state index is 12.1. The van der Waals surface area contributed by atoms with Gasteiger partial charge in [0.15, 0.2) is 5.78 Å². The number of nitro groups is 1. The fraction of sp³-hybridized carbons (Fsp3) is 0.143. The lowest BCUT2D eigenvalue weighted by molar-refractivity contribution is -0.384. The Kier molecular flexibility index (Phi) is 4.32. The Hall–Kier alpha value is -2.28. The molecule has 0 unspecified atom stereocenters. The molecular formula is C14H11BrN2O4. The van der Waals surface area contributed by atoms with Crippen LogP contribution in [-0.4, -0.2) is 15.3 Å². The fourth-order valence-corrected chi connectivity index (χ4v) is 2.46. The number of carbonyl (C=O) groups is 1. The van der Waals surface area contributed by atoms with Crippen LogP contribution in [0.2, 0.25) is 0 Å². The van der Waals surface area contributed by atoms with Gasteiger partial charge in [0.2, 0.25) is 0 Å². The summed E-state index contributed by atoms with van der Waals surface area (Å²) in [4.78, 5) is 34.1. The van der Waals surface area contributed by atoms with E-state index < -0.39 is 4.92 Å². The van der Waals surface area contributed by atoms with Crippen molar-refractivity contribution in [2.24, 2.45) is 0 Å². The number of hydrogen-bond acceptors (Lipinski definition) is 4. The number of pyridine rings is 1. The number of aromatic nitrogens is 1. The zero-order chi connectivity index (χ0) is 15.6. The molecule has 0 spiro atoms. The normalized spacial score (nSPS) is 10.4. The number of carbonyl (C=O) groups excluding carboxylic acids is 1. The Morgan fingerprint density at radius 3 is 2.52 bits per heavy atom. The van der Waals surface area contributed by atoms with Crippen molar-refractivity contribution in [2.45, 2.75) is 13.5 Å². The number of aryl methyl sites for hydroxylation is 1. The molecule has 0 N–H and O–H groups in total. The Morgan fingerprint density at radius 2 is 1.95 bits per heavy atom. The second-order valence-corrected chi connectivity index (χ2v) is 5.42. The van der Waals surface area contributed by atoms with Gasteiger partial charge < -0.3 is 4.57 Å². The summed E-state index contributed by atoms with van der Waals surface area (Å²) in [5, 5.41) is 10.6. The summed E-state index contributed by atoms with van der Waals surface area (Å²) in [6, 6.07) is 6.98. The maximum absolute atomic E-state index is 12.1. The predicted octanol–water partition coefficient (Wildman–Crippen LogP) is 2.71. The maximum Gasteiger partial charge on any atom is 0.269 e. The van der Waals surface area contributed by atoms with Gasteiger partial charge in [-0.2, -0.15) is 0 Å². The molecule has 0 amide bonds. The van der Waals surface area contributed by atoms with Crippen molar-refractivity contribution in [1.29, 1.82) is 0 Å². The molecular weight excluding hydrogens is 340 g/mol. The van der Waals surface area contributed by atoms with Gasteiger partial charge in [0.25, 0.3) is 11.2 Å². The Bertz CT molecular complexity index is 766. The van der Waals surface area contributed by atoms with Crippen LogP contribution in [0.5, 0.6) is 0 Å². The molecule has 0 aliphatic rings. The minimum Gasteiger partial charge on any atom is -0.306 e. The van der Waals surface area contributed by atoms with E-state index in [2.05, 4.69) is 15.9 Å².